The number of ether oxygens (including phenoxy) is 2. The molecule has 1 aliphatic rings. The van der Waals surface area contributed by atoms with Crippen LogP contribution in [0.25, 0.3) is 11.3 Å². The molecular formula is C18H20ClN5O2. The van der Waals surface area contributed by atoms with Gasteiger partial charge in [-0.15, -0.1) is 0 Å². The van der Waals surface area contributed by atoms with Gasteiger partial charge in [-0.25, -0.2) is 9.97 Å². The highest BCUT2D eigenvalue weighted by Crippen LogP contribution is 2.28. The number of nitrogens with zero attached hydrogens (tertiary/aromatic N) is 3. The zero-order valence-electron chi connectivity index (χ0n) is 14.6. The summed E-state index contributed by atoms with van der Waals surface area (Å²) in [5.74, 6) is 1.43. The minimum Gasteiger partial charge on any atom is -0.373 e. The van der Waals surface area contributed by atoms with Crippen molar-refractivity contribution in [2.45, 2.75) is 18.6 Å². The SMILES string of the molecule is CNc1cc(-c2cccc(NCC3COC(C)(C#N)CO3)n2)c(Cl)cn1. The number of halogens is 1. The lowest BCUT2D eigenvalue weighted by atomic mass is 10.1. The van der Waals surface area contributed by atoms with Crippen LogP contribution in [0.3, 0.4) is 0 Å². The number of hydrogen-bond acceptors (Lipinski definition) is 7. The van der Waals surface area contributed by atoms with E-state index in [0.29, 0.717) is 24.0 Å². The molecule has 7 nitrogen and oxygen atoms in total. The van der Waals surface area contributed by atoms with Crippen molar-refractivity contribution in [3.8, 4) is 17.3 Å². The summed E-state index contributed by atoms with van der Waals surface area (Å²) in [6.45, 7) is 2.87. The highest BCUT2D eigenvalue weighted by Gasteiger charge is 2.32. The Hall–Kier alpha value is -2.40. The fourth-order valence-corrected chi connectivity index (χ4v) is 2.70. The molecule has 0 amide bonds. The van der Waals surface area contributed by atoms with Crippen molar-refractivity contribution < 1.29 is 9.47 Å². The molecule has 8 heteroatoms. The molecule has 1 aliphatic heterocycles. The van der Waals surface area contributed by atoms with Crippen molar-refractivity contribution in [3.05, 3.63) is 35.5 Å². The third kappa shape index (κ3) is 4.22. The van der Waals surface area contributed by atoms with Crippen LogP contribution in [0.2, 0.25) is 5.02 Å². The fourth-order valence-electron chi connectivity index (χ4n) is 2.50. The topological polar surface area (TPSA) is 92.1 Å². The number of hydrogen-bond donors (Lipinski definition) is 2. The highest BCUT2D eigenvalue weighted by molar-refractivity contribution is 6.33. The molecule has 0 saturated carbocycles. The van der Waals surface area contributed by atoms with E-state index in [4.69, 9.17) is 26.3 Å². The van der Waals surface area contributed by atoms with Crippen molar-refractivity contribution in [3.63, 3.8) is 0 Å². The van der Waals surface area contributed by atoms with E-state index in [1.807, 2.05) is 24.3 Å². The van der Waals surface area contributed by atoms with Crippen LogP contribution in [0.4, 0.5) is 11.6 Å². The second-order valence-electron chi connectivity index (χ2n) is 6.18. The van der Waals surface area contributed by atoms with Crippen molar-refractivity contribution in [1.82, 2.24) is 9.97 Å². The van der Waals surface area contributed by atoms with Crippen LogP contribution in [0.1, 0.15) is 6.92 Å². The predicted molar refractivity (Wildman–Crippen MR) is 100 cm³/mol. The summed E-state index contributed by atoms with van der Waals surface area (Å²) in [5, 5.41) is 15.8. The first-order valence-corrected chi connectivity index (χ1v) is 8.62. The normalized spacial score (nSPS) is 22.5. The Morgan fingerprint density at radius 3 is 2.96 bits per heavy atom. The summed E-state index contributed by atoms with van der Waals surface area (Å²) >= 11 is 6.27. The molecule has 3 rings (SSSR count). The lowest BCUT2D eigenvalue weighted by Crippen LogP contribution is -2.45. The lowest BCUT2D eigenvalue weighted by molar-refractivity contribution is -0.153. The zero-order valence-corrected chi connectivity index (χ0v) is 15.4. The molecule has 0 bridgehead atoms. The first-order valence-electron chi connectivity index (χ1n) is 8.24. The molecule has 1 saturated heterocycles. The van der Waals surface area contributed by atoms with E-state index in [-0.39, 0.29) is 12.7 Å². The van der Waals surface area contributed by atoms with Crippen LogP contribution < -0.4 is 10.6 Å². The molecule has 0 aromatic carbocycles. The number of aromatic nitrogens is 2. The maximum absolute atomic E-state index is 9.04. The van der Waals surface area contributed by atoms with Gasteiger partial charge in [-0.1, -0.05) is 17.7 Å². The van der Waals surface area contributed by atoms with E-state index in [9.17, 15) is 0 Å². The molecule has 136 valence electrons. The van der Waals surface area contributed by atoms with Gasteiger partial charge < -0.3 is 20.1 Å². The largest absolute Gasteiger partial charge is 0.373 e. The molecule has 0 radical (unpaired) electrons. The Bertz CT molecular complexity index is 815. The summed E-state index contributed by atoms with van der Waals surface area (Å²) < 4.78 is 11.3. The van der Waals surface area contributed by atoms with Gasteiger partial charge in [-0.2, -0.15) is 5.26 Å². The average molecular weight is 374 g/mol. The van der Waals surface area contributed by atoms with E-state index in [1.165, 1.54) is 0 Å². The summed E-state index contributed by atoms with van der Waals surface area (Å²) in [5.41, 5.74) is 0.686. The molecule has 0 spiro atoms. The molecule has 26 heavy (non-hydrogen) atoms. The maximum atomic E-state index is 9.04. The van der Waals surface area contributed by atoms with Crippen molar-refractivity contribution >= 4 is 23.2 Å². The van der Waals surface area contributed by atoms with Crippen molar-refractivity contribution in [2.75, 3.05) is 37.4 Å². The molecule has 1 fully saturated rings. The van der Waals surface area contributed by atoms with Gasteiger partial charge in [-0.05, 0) is 25.1 Å². The summed E-state index contributed by atoms with van der Waals surface area (Å²) in [6.07, 6.45) is 1.46. The van der Waals surface area contributed by atoms with Gasteiger partial charge in [0.05, 0.1) is 36.1 Å². The van der Waals surface area contributed by atoms with Gasteiger partial charge in [0.2, 0.25) is 0 Å². The molecule has 2 atom stereocenters. The zero-order chi connectivity index (χ0) is 18.6. The van der Waals surface area contributed by atoms with E-state index >= 15 is 0 Å². The standard InChI is InChI=1S/C18H20ClN5O2/c1-18(10-20)11-25-12(9-26-18)7-22-16-5-3-4-15(24-16)13-6-17(21-2)23-8-14(13)19/h3-6,8,12H,7,9,11H2,1-2H3,(H,21,23)(H,22,24). The van der Waals surface area contributed by atoms with Gasteiger partial charge in [0, 0.05) is 25.4 Å². The Labute approximate surface area is 157 Å². The first kappa shape index (κ1) is 18.4. The third-order valence-electron chi connectivity index (χ3n) is 4.07. The van der Waals surface area contributed by atoms with Crippen LogP contribution in [-0.4, -0.2) is 48.5 Å². The van der Waals surface area contributed by atoms with Crippen LogP contribution in [0.15, 0.2) is 30.5 Å². The monoisotopic (exact) mass is 373 g/mol. The minimum atomic E-state index is -0.863. The number of pyridine rings is 2. The second-order valence-corrected chi connectivity index (χ2v) is 6.58. The minimum absolute atomic E-state index is 0.137. The molecule has 2 aromatic rings. The predicted octanol–water partition coefficient (Wildman–Crippen LogP) is 2.95. The van der Waals surface area contributed by atoms with Gasteiger partial charge in [0.1, 0.15) is 11.6 Å². The lowest BCUT2D eigenvalue weighted by Gasteiger charge is -2.32. The van der Waals surface area contributed by atoms with E-state index < -0.39 is 5.60 Å². The van der Waals surface area contributed by atoms with E-state index in [2.05, 4.69) is 26.7 Å². The Morgan fingerprint density at radius 2 is 2.27 bits per heavy atom. The fraction of sp³-hybridized carbons (Fsp3) is 0.389. The summed E-state index contributed by atoms with van der Waals surface area (Å²) in [4.78, 5) is 8.79. The maximum Gasteiger partial charge on any atom is 0.174 e. The van der Waals surface area contributed by atoms with Gasteiger partial charge in [0.25, 0.3) is 0 Å². The molecule has 3 heterocycles. The van der Waals surface area contributed by atoms with Crippen LogP contribution in [0.5, 0.6) is 0 Å². The van der Waals surface area contributed by atoms with Crippen LogP contribution in [-0.2, 0) is 9.47 Å². The summed E-state index contributed by atoms with van der Waals surface area (Å²) in [7, 11) is 1.80. The molecule has 2 unspecified atom stereocenters. The van der Waals surface area contributed by atoms with Crippen molar-refractivity contribution in [2.24, 2.45) is 0 Å². The quantitative estimate of drug-likeness (QED) is 0.832. The third-order valence-corrected chi connectivity index (χ3v) is 4.37. The van der Waals surface area contributed by atoms with Gasteiger partial charge in [-0.3, -0.25) is 0 Å². The Balaban J connectivity index is 1.66. The van der Waals surface area contributed by atoms with Gasteiger partial charge in [0.15, 0.2) is 5.60 Å². The number of nitrogens with one attached hydrogen (secondary N) is 2. The molecular weight excluding hydrogens is 354 g/mol. The Morgan fingerprint density at radius 1 is 1.42 bits per heavy atom. The Kier molecular flexibility index (Phi) is 5.57. The second kappa shape index (κ2) is 7.87. The van der Waals surface area contributed by atoms with E-state index in [0.717, 1.165) is 17.1 Å². The first-order chi connectivity index (χ1) is 12.5. The molecule has 2 aromatic heterocycles. The van der Waals surface area contributed by atoms with Crippen molar-refractivity contribution in [1.29, 1.82) is 5.26 Å². The number of nitriles is 1. The smallest absolute Gasteiger partial charge is 0.174 e. The van der Waals surface area contributed by atoms with Crippen LogP contribution >= 0.6 is 11.6 Å². The van der Waals surface area contributed by atoms with E-state index in [1.54, 1.807) is 20.2 Å². The van der Waals surface area contributed by atoms with Gasteiger partial charge >= 0.3 is 0 Å². The molecule has 0 aliphatic carbocycles. The molecule has 2 N–H and O–H groups in total. The van der Waals surface area contributed by atoms with Crippen LogP contribution in [0, 0.1) is 11.3 Å². The number of anilines is 2. The number of rotatable bonds is 5. The highest BCUT2D eigenvalue weighted by atomic mass is 35.5. The average Bonchev–Trinajstić information content (AvgIpc) is 2.68. The summed E-state index contributed by atoms with van der Waals surface area (Å²) in [6, 6.07) is 9.65.